The lowest BCUT2D eigenvalue weighted by Gasteiger charge is -2.43. The molecule has 0 bridgehead atoms. The molecule has 1 N–H and O–H groups in total. The molecule has 0 saturated carbocycles. The molecule has 0 aromatic rings. The zero-order valence-electron chi connectivity index (χ0n) is 31.7. The molecule has 44 heavy (non-hydrogen) atoms. The molecule has 0 spiro atoms. The van der Waals surface area contributed by atoms with Gasteiger partial charge in [-0.1, -0.05) is 85.6 Å². The number of aliphatic hydroxyl groups excluding tert-OH is 1. The van der Waals surface area contributed by atoms with E-state index < -0.39 is 16.6 Å². The number of hydrogen-bond donors (Lipinski definition) is 1. The van der Waals surface area contributed by atoms with E-state index in [0.29, 0.717) is 25.7 Å². The van der Waals surface area contributed by atoms with Crippen molar-refractivity contribution in [1.29, 1.82) is 0 Å². The van der Waals surface area contributed by atoms with Gasteiger partial charge >= 0.3 is 5.97 Å². The van der Waals surface area contributed by atoms with E-state index in [1.165, 1.54) is 11.1 Å². The molecule has 0 saturated heterocycles. The van der Waals surface area contributed by atoms with Crippen LogP contribution < -0.4 is 0 Å². The normalized spacial score (nSPS) is 26.4. The molecule has 1 rings (SSSR count). The maximum Gasteiger partial charge on any atom is 0.306 e. The Kier molecular flexibility index (Phi) is 15.9. The Morgan fingerprint density at radius 3 is 2.14 bits per heavy atom. The van der Waals surface area contributed by atoms with E-state index >= 15 is 0 Å². The Morgan fingerprint density at radius 2 is 1.59 bits per heavy atom. The Labute approximate surface area is 275 Å². The second-order valence-electron chi connectivity index (χ2n) is 17.4. The summed E-state index contributed by atoms with van der Waals surface area (Å²) in [6, 6.07) is 0. The first-order valence-electron chi connectivity index (χ1n) is 17.4. The van der Waals surface area contributed by atoms with Crippen molar-refractivity contribution in [2.24, 2.45) is 17.8 Å². The van der Waals surface area contributed by atoms with E-state index in [2.05, 4.69) is 121 Å². The minimum Gasteiger partial charge on any atom is -0.462 e. The van der Waals surface area contributed by atoms with E-state index in [9.17, 15) is 9.90 Å². The van der Waals surface area contributed by atoms with E-state index in [4.69, 9.17) is 13.6 Å². The summed E-state index contributed by atoms with van der Waals surface area (Å²) in [5.41, 5.74) is 2.57. The standard InChI is InChI=1S/C37H72O5Si2/c1-26-20-21-33(40-35(39)19-17-18-32(38)28(3)22-26)29(4)23-27(2)24-30(5)34(42-44(15,16)37(10,11)12)25-31(6)41-43(13,14)36(7,8)9/h20,24,28-34,38H,17-19,21-23,25H2,1-16H3/b26-20-,27-24+/t28-,29-,30+,31+,32-,33+,34+/m0/s1. The van der Waals surface area contributed by atoms with Gasteiger partial charge in [-0.25, -0.2) is 0 Å². The number of carbonyl (C=O) groups excluding carboxylic acids is 1. The molecule has 1 heterocycles. The average Bonchev–Trinajstić information content (AvgIpc) is 2.83. The zero-order valence-corrected chi connectivity index (χ0v) is 33.7. The lowest BCUT2D eigenvalue weighted by Crippen LogP contribution is -2.48. The van der Waals surface area contributed by atoms with Crippen LogP contribution in [0.5, 0.6) is 0 Å². The van der Waals surface area contributed by atoms with Crippen molar-refractivity contribution in [1.82, 2.24) is 0 Å². The van der Waals surface area contributed by atoms with Crippen LogP contribution in [0.2, 0.25) is 36.3 Å². The van der Waals surface area contributed by atoms with Gasteiger partial charge in [0, 0.05) is 18.9 Å². The molecule has 0 fully saturated rings. The summed E-state index contributed by atoms with van der Waals surface area (Å²) >= 11 is 0. The van der Waals surface area contributed by atoms with Gasteiger partial charge in [-0.3, -0.25) is 4.79 Å². The Balaban J connectivity index is 3.17. The first kappa shape index (κ1) is 41.3. The second-order valence-corrected chi connectivity index (χ2v) is 26.9. The van der Waals surface area contributed by atoms with Gasteiger partial charge in [0.05, 0.1) is 12.2 Å². The van der Waals surface area contributed by atoms with Crippen LogP contribution >= 0.6 is 0 Å². The highest BCUT2D eigenvalue weighted by atomic mass is 28.4. The SMILES string of the molecule is C/C1=C/C[C@H]([C@@H](C)C/C(C)=C/[C@@H](C)[C@@H](C[C@@H](C)O[Si](C)(C)C(C)(C)C)O[Si](C)(C)C(C)(C)C)OC(=O)CCC[C@H](O)[C@@H](C)C1. The van der Waals surface area contributed by atoms with E-state index in [-0.39, 0.29) is 58.2 Å². The Bertz CT molecular complexity index is 956. The number of cyclic esters (lactones) is 1. The van der Waals surface area contributed by atoms with Gasteiger partial charge in [0.25, 0.3) is 0 Å². The number of esters is 1. The van der Waals surface area contributed by atoms with E-state index in [1.54, 1.807) is 0 Å². The smallest absolute Gasteiger partial charge is 0.306 e. The molecule has 1 aliphatic heterocycles. The second kappa shape index (κ2) is 16.9. The van der Waals surface area contributed by atoms with Crippen molar-refractivity contribution in [2.45, 2.75) is 189 Å². The number of rotatable bonds is 11. The van der Waals surface area contributed by atoms with Crippen LogP contribution in [0.1, 0.15) is 128 Å². The van der Waals surface area contributed by atoms with Gasteiger partial charge in [-0.05, 0) is 107 Å². The third-order valence-corrected chi connectivity index (χ3v) is 19.8. The molecule has 0 radical (unpaired) electrons. The number of ether oxygens (including phenoxy) is 1. The molecule has 258 valence electrons. The molecule has 0 unspecified atom stereocenters. The zero-order chi connectivity index (χ0) is 34.3. The predicted octanol–water partition coefficient (Wildman–Crippen LogP) is 10.6. The van der Waals surface area contributed by atoms with E-state index in [1.807, 2.05) is 0 Å². The van der Waals surface area contributed by atoms with Crippen molar-refractivity contribution < 1.29 is 23.5 Å². The summed E-state index contributed by atoms with van der Waals surface area (Å²) in [5, 5.41) is 10.7. The van der Waals surface area contributed by atoms with Gasteiger partial charge in [0.1, 0.15) is 6.10 Å². The molecule has 7 atom stereocenters. The van der Waals surface area contributed by atoms with Gasteiger partial charge in [-0.15, -0.1) is 0 Å². The minimum absolute atomic E-state index is 0.0722. The van der Waals surface area contributed by atoms with Crippen molar-refractivity contribution in [3.8, 4) is 0 Å². The lowest BCUT2D eigenvalue weighted by molar-refractivity contribution is -0.151. The quantitative estimate of drug-likeness (QED) is 0.137. The maximum atomic E-state index is 12.8. The van der Waals surface area contributed by atoms with Crippen molar-refractivity contribution in [2.75, 3.05) is 0 Å². The summed E-state index contributed by atoms with van der Waals surface area (Å²) in [7, 11) is -3.90. The topological polar surface area (TPSA) is 65.0 Å². The molecule has 0 aliphatic carbocycles. The fourth-order valence-corrected chi connectivity index (χ4v) is 8.53. The van der Waals surface area contributed by atoms with Crippen LogP contribution in [0, 0.1) is 17.8 Å². The highest BCUT2D eigenvalue weighted by Gasteiger charge is 2.42. The predicted molar refractivity (Wildman–Crippen MR) is 193 cm³/mol. The van der Waals surface area contributed by atoms with Crippen molar-refractivity contribution >= 4 is 22.6 Å². The Hall–Kier alpha value is -0.736. The third kappa shape index (κ3) is 13.5. The molecular weight excluding hydrogens is 581 g/mol. The van der Waals surface area contributed by atoms with Crippen LogP contribution in [0.15, 0.2) is 23.3 Å². The Morgan fingerprint density at radius 1 is 1.05 bits per heavy atom. The molecule has 0 aromatic heterocycles. The number of hydrogen-bond acceptors (Lipinski definition) is 5. The molecular formula is C37H72O5Si2. The van der Waals surface area contributed by atoms with Crippen LogP contribution in [0.4, 0.5) is 0 Å². The van der Waals surface area contributed by atoms with Gasteiger partial charge in [-0.2, -0.15) is 0 Å². The molecule has 5 nitrogen and oxygen atoms in total. The van der Waals surface area contributed by atoms with Gasteiger partial charge in [0.2, 0.25) is 0 Å². The maximum absolute atomic E-state index is 12.8. The molecule has 0 amide bonds. The fourth-order valence-electron chi connectivity index (χ4n) is 5.65. The van der Waals surface area contributed by atoms with Crippen molar-refractivity contribution in [3.63, 3.8) is 0 Å². The number of aliphatic hydroxyl groups is 1. The van der Waals surface area contributed by atoms with Gasteiger partial charge in [0.15, 0.2) is 16.6 Å². The molecule has 1 aliphatic rings. The monoisotopic (exact) mass is 652 g/mol. The summed E-state index contributed by atoms with van der Waals surface area (Å²) < 4.78 is 20.0. The summed E-state index contributed by atoms with van der Waals surface area (Å²) in [6.07, 6.45) is 9.27. The lowest BCUT2D eigenvalue weighted by atomic mass is 9.89. The number of carbonyl (C=O) groups is 1. The summed E-state index contributed by atoms with van der Waals surface area (Å²) in [4.78, 5) is 12.8. The number of allylic oxidation sites excluding steroid dienone is 2. The fraction of sp³-hybridized carbons (Fsp3) is 0.865. The molecule has 0 aromatic carbocycles. The summed E-state index contributed by atoms with van der Waals surface area (Å²) in [6.45, 7) is 36.3. The van der Waals surface area contributed by atoms with Crippen LogP contribution in [0.3, 0.4) is 0 Å². The highest BCUT2D eigenvalue weighted by molar-refractivity contribution is 6.74. The van der Waals surface area contributed by atoms with Crippen molar-refractivity contribution in [3.05, 3.63) is 23.3 Å². The minimum atomic E-state index is -2.01. The van der Waals surface area contributed by atoms with Gasteiger partial charge < -0.3 is 18.7 Å². The molecule has 7 heteroatoms. The first-order chi connectivity index (χ1) is 19.9. The highest BCUT2D eigenvalue weighted by Crippen LogP contribution is 2.41. The van der Waals surface area contributed by atoms with Crippen LogP contribution in [-0.4, -0.2) is 52.1 Å². The van der Waals surface area contributed by atoms with Crippen LogP contribution in [0.25, 0.3) is 0 Å². The van der Waals surface area contributed by atoms with Crippen LogP contribution in [-0.2, 0) is 18.4 Å². The first-order valence-corrected chi connectivity index (χ1v) is 23.2. The van der Waals surface area contributed by atoms with E-state index in [0.717, 1.165) is 19.3 Å². The summed E-state index contributed by atoms with van der Waals surface area (Å²) in [5.74, 6) is 0.469. The third-order valence-electron chi connectivity index (χ3n) is 10.7. The largest absolute Gasteiger partial charge is 0.462 e. The average molecular weight is 653 g/mol.